The van der Waals surface area contributed by atoms with Gasteiger partial charge < -0.3 is 15.0 Å². The lowest BCUT2D eigenvalue weighted by Gasteiger charge is -2.33. The highest BCUT2D eigenvalue weighted by Gasteiger charge is 2.26. The summed E-state index contributed by atoms with van der Waals surface area (Å²) in [7, 11) is 0. The second-order valence-corrected chi connectivity index (χ2v) is 7.53. The molecule has 1 aliphatic heterocycles. The van der Waals surface area contributed by atoms with Gasteiger partial charge in [-0.1, -0.05) is 19.9 Å². The van der Waals surface area contributed by atoms with Crippen LogP contribution in [0.25, 0.3) is 0 Å². The predicted molar refractivity (Wildman–Crippen MR) is 96.6 cm³/mol. The molecule has 1 aromatic carbocycles. The normalized spacial score (nSPS) is 20.4. The molecule has 1 saturated heterocycles. The second kappa shape index (κ2) is 7.89. The van der Waals surface area contributed by atoms with Gasteiger partial charge in [-0.25, -0.2) is 0 Å². The zero-order chi connectivity index (χ0) is 17.8. The first-order valence-electron chi connectivity index (χ1n) is 9.35. The number of nitrogens with one attached hydrogen (secondary N) is 1. The van der Waals surface area contributed by atoms with E-state index in [1.165, 1.54) is 0 Å². The molecular weight excluding hydrogens is 316 g/mol. The Balaban J connectivity index is 1.52. The Morgan fingerprint density at radius 3 is 2.80 bits per heavy atom. The molecule has 1 aliphatic carbocycles. The highest BCUT2D eigenvalue weighted by atomic mass is 16.5. The van der Waals surface area contributed by atoms with Crippen LogP contribution in [-0.2, 0) is 4.79 Å². The Kier molecular flexibility index (Phi) is 5.61. The van der Waals surface area contributed by atoms with Crippen LogP contribution in [0.15, 0.2) is 24.3 Å². The summed E-state index contributed by atoms with van der Waals surface area (Å²) in [5.41, 5.74) is 0.643. The van der Waals surface area contributed by atoms with Gasteiger partial charge >= 0.3 is 0 Å². The van der Waals surface area contributed by atoms with Crippen LogP contribution in [0.2, 0.25) is 0 Å². The van der Waals surface area contributed by atoms with Crippen molar-refractivity contribution in [2.24, 2.45) is 11.8 Å². The third-order valence-electron chi connectivity index (χ3n) is 4.82. The van der Waals surface area contributed by atoms with Crippen molar-refractivity contribution < 1.29 is 14.3 Å². The predicted octanol–water partition coefficient (Wildman–Crippen LogP) is 2.85. The quantitative estimate of drug-likeness (QED) is 0.863. The number of benzene rings is 1. The van der Waals surface area contributed by atoms with Gasteiger partial charge in [0.15, 0.2) is 0 Å². The molecule has 2 aliphatic rings. The van der Waals surface area contributed by atoms with Gasteiger partial charge in [0.1, 0.15) is 5.75 Å². The number of hydrogen-bond acceptors (Lipinski definition) is 3. The molecule has 5 nitrogen and oxygen atoms in total. The van der Waals surface area contributed by atoms with Crippen LogP contribution in [-0.4, -0.2) is 42.5 Å². The number of rotatable bonds is 6. The van der Waals surface area contributed by atoms with Gasteiger partial charge in [0.25, 0.3) is 5.91 Å². The molecular formula is C20H28N2O3. The molecule has 0 bridgehead atoms. The Bertz CT molecular complexity index is 625. The molecule has 1 atom stereocenters. The number of ether oxygens (including phenoxy) is 1. The molecule has 25 heavy (non-hydrogen) atoms. The first-order valence-corrected chi connectivity index (χ1v) is 9.35. The molecule has 0 aromatic heterocycles. The van der Waals surface area contributed by atoms with Gasteiger partial charge in [-0.05, 0) is 43.9 Å². The van der Waals surface area contributed by atoms with E-state index in [2.05, 4.69) is 5.32 Å². The molecule has 1 heterocycles. The average molecular weight is 344 g/mol. The number of carbonyl (C=O) groups excluding carboxylic acids is 2. The van der Waals surface area contributed by atoms with E-state index < -0.39 is 0 Å². The van der Waals surface area contributed by atoms with Gasteiger partial charge in [0.05, 0.1) is 6.61 Å². The van der Waals surface area contributed by atoms with E-state index in [1.807, 2.05) is 36.9 Å². The van der Waals surface area contributed by atoms with Crippen LogP contribution >= 0.6 is 0 Å². The summed E-state index contributed by atoms with van der Waals surface area (Å²) in [6.45, 7) is 6.08. The van der Waals surface area contributed by atoms with Gasteiger partial charge in [-0.15, -0.1) is 0 Å². The van der Waals surface area contributed by atoms with Crippen molar-refractivity contribution in [2.45, 2.75) is 45.6 Å². The molecule has 0 spiro atoms. The monoisotopic (exact) mass is 344 g/mol. The molecule has 3 rings (SSSR count). The third kappa shape index (κ3) is 4.97. The zero-order valence-corrected chi connectivity index (χ0v) is 15.2. The summed E-state index contributed by atoms with van der Waals surface area (Å²) < 4.78 is 5.93. The number of piperidine rings is 1. The minimum Gasteiger partial charge on any atom is -0.493 e. The number of carbonyl (C=O) groups is 2. The molecule has 1 N–H and O–H groups in total. The average Bonchev–Trinajstić information content (AvgIpc) is 3.43. The van der Waals surface area contributed by atoms with E-state index in [-0.39, 0.29) is 17.7 Å². The van der Waals surface area contributed by atoms with E-state index in [9.17, 15) is 9.59 Å². The maximum Gasteiger partial charge on any atom is 0.251 e. The standard InChI is InChI=1S/C20H28N2O3/c1-14(2)20(24)22-10-4-5-15(12-22)13-25-18-7-3-6-16(11-18)19(23)21-17-8-9-17/h3,6-7,11,14-15,17H,4-5,8-10,12-13H2,1-2H3,(H,21,23)/t15-/m1/s1. The lowest BCUT2D eigenvalue weighted by atomic mass is 9.98. The van der Waals surface area contributed by atoms with Crippen molar-refractivity contribution in [2.75, 3.05) is 19.7 Å². The van der Waals surface area contributed by atoms with Crippen LogP contribution < -0.4 is 10.1 Å². The first kappa shape index (κ1) is 17.8. The minimum atomic E-state index is -0.0284. The minimum absolute atomic E-state index is 0.0284. The Hall–Kier alpha value is -2.04. The lowest BCUT2D eigenvalue weighted by molar-refractivity contribution is -0.136. The smallest absolute Gasteiger partial charge is 0.251 e. The summed E-state index contributed by atoms with van der Waals surface area (Å²) in [5, 5.41) is 2.99. The van der Waals surface area contributed by atoms with Crippen LogP contribution in [0.5, 0.6) is 5.75 Å². The summed E-state index contributed by atoms with van der Waals surface area (Å²) in [5.74, 6) is 1.31. The SMILES string of the molecule is CC(C)C(=O)N1CCC[C@@H](COc2cccc(C(=O)NC3CC3)c2)C1. The Labute approximate surface area is 149 Å². The fourth-order valence-electron chi connectivity index (χ4n) is 3.20. The summed E-state index contributed by atoms with van der Waals surface area (Å²) in [4.78, 5) is 26.3. The molecule has 1 aromatic rings. The summed E-state index contributed by atoms with van der Waals surface area (Å²) in [6.07, 6.45) is 4.25. The van der Waals surface area contributed by atoms with Gasteiger partial charge in [-0.3, -0.25) is 9.59 Å². The highest BCUT2D eigenvalue weighted by Crippen LogP contribution is 2.22. The van der Waals surface area contributed by atoms with Crippen LogP contribution in [0, 0.1) is 11.8 Å². The lowest BCUT2D eigenvalue weighted by Crippen LogP contribution is -2.43. The van der Waals surface area contributed by atoms with Crippen molar-refractivity contribution in [3.8, 4) is 5.75 Å². The van der Waals surface area contributed by atoms with E-state index in [1.54, 1.807) is 6.07 Å². The van der Waals surface area contributed by atoms with Crippen molar-refractivity contribution in [3.05, 3.63) is 29.8 Å². The summed E-state index contributed by atoms with van der Waals surface area (Å²) >= 11 is 0. The topological polar surface area (TPSA) is 58.6 Å². The van der Waals surface area contributed by atoms with Crippen LogP contribution in [0.3, 0.4) is 0 Å². The van der Waals surface area contributed by atoms with Gasteiger partial charge in [-0.2, -0.15) is 0 Å². The van der Waals surface area contributed by atoms with Crippen LogP contribution in [0.1, 0.15) is 49.9 Å². The second-order valence-electron chi connectivity index (χ2n) is 7.53. The fraction of sp³-hybridized carbons (Fsp3) is 0.600. The maximum absolute atomic E-state index is 12.2. The van der Waals surface area contributed by atoms with E-state index in [0.717, 1.165) is 44.5 Å². The first-order chi connectivity index (χ1) is 12.0. The maximum atomic E-state index is 12.2. The number of amides is 2. The van der Waals surface area contributed by atoms with Gasteiger partial charge in [0, 0.05) is 36.5 Å². The van der Waals surface area contributed by atoms with Gasteiger partial charge in [0.2, 0.25) is 5.91 Å². The van der Waals surface area contributed by atoms with Crippen molar-refractivity contribution >= 4 is 11.8 Å². The fourth-order valence-corrected chi connectivity index (χ4v) is 3.20. The number of nitrogens with zero attached hydrogens (tertiary/aromatic N) is 1. The zero-order valence-electron chi connectivity index (χ0n) is 15.2. The molecule has 5 heteroatoms. The Morgan fingerprint density at radius 2 is 2.08 bits per heavy atom. The number of hydrogen-bond donors (Lipinski definition) is 1. The van der Waals surface area contributed by atoms with Crippen molar-refractivity contribution in [1.82, 2.24) is 10.2 Å². The van der Waals surface area contributed by atoms with E-state index in [4.69, 9.17) is 4.74 Å². The van der Waals surface area contributed by atoms with E-state index >= 15 is 0 Å². The number of likely N-dealkylation sites (tertiary alicyclic amines) is 1. The summed E-state index contributed by atoms with van der Waals surface area (Å²) in [6, 6.07) is 7.70. The molecule has 136 valence electrons. The third-order valence-corrected chi connectivity index (χ3v) is 4.82. The van der Waals surface area contributed by atoms with Crippen LogP contribution in [0.4, 0.5) is 0 Å². The highest BCUT2D eigenvalue weighted by molar-refractivity contribution is 5.94. The Morgan fingerprint density at radius 1 is 1.28 bits per heavy atom. The van der Waals surface area contributed by atoms with E-state index in [0.29, 0.717) is 24.1 Å². The molecule has 0 radical (unpaired) electrons. The molecule has 1 saturated carbocycles. The molecule has 2 fully saturated rings. The molecule has 0 unspecified atom stereocenters. The molecule has 2 amide bonds. The largest absolute Gasteiger partial charge is 0.493 e. The van der Waals surface area contributed by atoms with Crippen molar-refractivity contribution in [3.63, 3.8) is 0 Å². The van der Waals surface area contributed by atoms with Crippen molar-refractivity contribution in [1.29, 1.82) is 0 Å².